The number of thiocarbonyl (C=S) groups is 1. The molecule has 0 fully saturated rings. The van der Waals surface area contributed by atoms with Gasteiger partial charge in [0.15, 0.2) is 16.6 Å². The molecule has 0 aromatic heterocycles. The molecule has 25 heavy (non-hydrogen) atoms. The zero-order chi connectivity index (χ0) is 18.4. The Kier molecular flexibility index (Phi) is 7.03. The summed E-state index contributed by atoms with van der Waals surface area (Å²) in [6, 6.07) is 8.80. The highest BCUT2D eigenvalue weighted by Crippen LogP contribution is 2.31. The summed E-state index contributed by atoms with van der Waals surface area (Å²) in [6.45, 7) is 0. The number of halogens is 2. The zero-order valence-electron chi connectivity index (χ0n) is 13.3. The molecule has 0 aliphatic rings. The molecule has 0 spiro atoms. The van der Waals surface area contributed by atoms with Crippen LogP contribution in [-0.4, -0.2) is 30.7 Å². The minimum Gasteiger partial charge on any atom is -0.506 e. The van der Waals surface area contributed by atoms with Crippen LogP contribution in [0.1, 0.15) is 5.56 Å². The Bertz CT molecular complexity index is 815. The lowest BCUT2D eigenvalue weighted by molar-refractivity contribution is 0.355. The topological polar surface area (TPSA) is 75.1 Å². The first-order valence-corrected chi connectivity index (χ1v) is 8.94. The van der Waals surface area contributed by atoms with E-state index >= 15 is 0 Å². The molecule has 9 heteroatoms. The van der Waals surface area contributed by atoms with Crippen LogP contribution >= 0.6 is 44.1 Å². The van der Waals surface area contributed by atoms with Crippen LogP contribution in [0.5, 0.6) is 17.2 Å². The average molecular weight is 489 g/mol. The summed E-state index contributed by atoms with van der Waals surface area (Å²) in [5, 5.41) is 17.3. The van der Waals surface area contributed by atoms with Crippen molar-refractivity contribution in [3.8, 4) is 17.2 Å². The van der Waals surface area contributed by atoms with Gasteiger partial charge in [0.25, 0.3) is 0 Å². The number of hydrogen-bond acceptors (Lipinski definition) is 5. The second-order valence-corrected chi connectivity index (χ2v) is 6.90. The lowest BCUT2D eigenvalue weighted by atomic mass is 10.2. The van der Waals surface area contributed by atoms with Crippen LogP contribution in [0.4, 0.5) is 5.69 Å². The van der Waals surface area contributed by atoms with Crippen LogP contribution in [-0.2, 0) is 0 Å². The predicted molar refractivity (Wildman–Crippen MR) is 110 cm³/mol. The average Bonchev–Trinajstić information content (AvgIpc) is 2.58. The van der Waals surface area contributed by atoms with Crippen molar-refractivity contribution in [1.82, 2.24) is 5.43 Å². The monoisotopic (exact) mass is 487 g/mol. The number of phenols is 1. The highest BCUT2D eigenvalue weighted by atomic mass is 79.9. The largest absolute Gasteiger partial charge is 0.506 e. The Morgan fingerprint density at radius 1 is 1.16 bits per heavy atom. The van der Waals surface area contributed by atoms with Gasteiger partial charge in [0.1, 0.15) is 5.75 Å². The minimum atomic E-state index is 0.0903. The van der Waals surface area contributed by atoms with Gasteiger partial charge >= 0.3 is 0 Å². The molecule has 0 aliphatic carbocycles. The molecule has 0 saturated heterocycles. The van der Waals surface area contributed by atoms with Crippen molar-refractivity contribution in [1.29, 1.82) is 0 Å². The summed E-state index contributed by atoms with van der Waals surface area (Å²) in [4.78, 5) is 0. The van der Waals surface area contributed by atoms with Gasteiger partial charge in [0, 0.05) is 21.8 Å². The van der Waals surface area contributed by atoms with Gasteiger partial charge in [0.2, 0.25) is 0 Å². The smallest absolute Gasteiger partial charge is 0.191 e. The maximum atomic E-state index is 9.97. The van der Waals surface area contributed by atoms with Crippen molar-refractivity contribution >= 4 is 61.1 Å². The third kappa shape index (κ3) is 5.32. The number of rotatable bonds is 5. The molecule has 6 nitrogen and oxygen atoms in total. The van der Waals surface area contributed by atoms with E-state index < -0.39 is 0 Å². The maximum absolute atomic E-state index is 9.97. The molecular weight excluding hydrogens is 474 g/mol. The van der Waals surface area contributed by atoms with E-state index in [0.29, 0.717) is 21.5 Å². The molecule has 0 heterocycles. The van der Waals surface area contributed by atoms with Crippen molar-refractivity contribution in [2.24, 2.45) is 5.10 Å². The lowest BCUT2D eigenvalue weighted by Gasteiger charge is -2.11. The van der Waals surface area contributed by atoms with Crippen molar-refractivity contribution in [3.05, 3.63) is 44.8 Å². The number of ether oxygens (including phenoxy) is 2. The van der Waals surface area contributed by atoms with Gasteiger partial charge in [-0.15, -0.1) is 0 Å². The number of aromatic hydroxyl groups is 1. The van der Waals surface area contributed by atoms with Gasteiger partial charge < -0.3 is 19.9 Å². The van der Waals surface area contributed by atoms with Crippen LogP contribution in [0.25, 0.3) is 0 Å². The van der Waals surface area contributed by atoms with Crippen molar-refractivity contribution in [2.45, 2.75) is 0 Å². The third-order valence-electron chi connectivity index (χ3n) is 3.07. The number of methoxy groups -OCH3 is 2. The molecule has 0 amide bonds. The number of nitrogens with zero attached hydrogens (tertiary/aromatic N) is 1. The Morgan fingerprint density at radius 3 is 2.56 bits per heavy atom. The fraction of sp³-hybridized carbons (Fsp3) is 0.125. The number of anilines is 1. The van der Waals surface area contributed by atoms with Gasteiger partial charge in [-0.1, -0.05) is 15.9 Å². The fourth-order valence-electron chi connectivity index (χ4n) is 1.92. The normalized spacial score (nSPS) is 10.6. The first-order valence-electron chi connectivity index (χ1n) is 6.94. The fourth-order valence-corrected chi connectivity index (χ4v) is 3.35. The molecule has 0 unspecified atom stereocenters. The number of nitrogens with one attached hydrogen (secondary N) is 2. The molecule has 2 aromatic carbocycles. The number of hydrogen-bond donors (Lipinski definition) is 3. The van der Waals surface area contributed by atoms with E-state index in [9.17, 15) is 5.11 Å². The molecule has 2 aromatic rings. The molecule has 0 saturated carbocycles. The summed E-state index contributed by atoms with van der Waals surface area (Å²) >= 11 is 11.8. The third-order valence-corrected chi connectivity index (χ3v) is 4.32. The molecule has 132 valence electrons. The van der Waals surface area contributed by atoms with Crippen molar-refractivity contribution < 1.29 is 14.6 Å². The van der Waals surface area contributed by atoms with Gasteiger partial charge in [-0.05, 0) is 52.4 Å². The van der Waals surface area contributed by atoms with Gasteiger partial charge in [-0.2, -0.15) is 5.10 Å². The number of hydrazone groups is 1. The molecule has 0 atom stereocenters. The maximum Gasteiger partial charge on any atom is 0.191 e. The molecular formula is C16H15Br2N3O3S. The van der Waals surface area contributed by atoms with Crippen LogP contribution < -0.4 is 20.2 Å². The summed E-state index contributed by atoms with van der Waals surface area (Å²) < 4.78 is 11.8. The van der Waals surface area contributed by atoms with Gasteiger partial charge in [-0.3, -0.25) is 5.43 Å². The lowest BCUT2D eigenvalue weighted by Crippen LogP contribution is -2.23. The summed E-state index contributed by atoms with van der Waals surface area (Å²) in [5.74, 6) is 1.30. The van der Waals surface area contributed by atoms with Crippen LogP contribution in [0.15, 0.2) is 44.4 Å². The van der Waals surface area contributed by atoms with E-state index in [1.54, 1.807) is 44.6 Å². The van der Waals surface area contributed by atoms with Gasteiger partial charge in [0.05, 0.1) is 24.9 Å². The van der Waals surface area contributed by atoms with E-state index in [0.717, 1.165) is 10.2 Å². The van der Waals surface area contributed by atoms with Crippen molar-refractivity contribution in [3.63, 3.8) is 0 Å². The van der Waals surface area contributed by atoms with E-state index in [2.05, 4.69) is 47.7 Å². The Labute approximate surface area is 167 Å². The Hall–Kier alpha value is -1.84. The number of phenolic OH excluding ortho intramolecular Hbond substituents is 1. The minimum absolute atomic E-state index is 0.0903. The Morgan fingerprint density at radius 2 is 1.88 bits per heavy atom. The molecule has 0 bridgehead atoms. The summed E-state index contributed by atoms with van der Waals surface area (Å²) in [6.07, 6.45) is 1.47. The van der Waals surface area contributed by atoms with E-state index in [-0.39, 0.29) is 10.9 Å². The summed E-state index contributed by atoms with van der Waals surface area (Å²) in [5.41, 5.74) is 3.94. The second-order valence-electron chi connectivity index (χ2n) is 4.72. The molecule has 0 radical (unpaired) electrons. The zero-order valence-corrected chi connectivity index (χ0v) is 17.3. The van der Waals surface area contributed by atoms with Crippen LogP contribution in [0.3, 0.4) is 0 Å². The highest BCUT2D eigenvalue weighted by molar-refractivity contribution is 9.11. The first-order chi connectivity index (χ1) is 11.9. The van der Waals surface area contributed by atoms with Crippen molar-refractivity contribution in [2.75, 3.05) is 19.5 Å². The number of benzene rings is 2. The van der Waals surface area contributed by atoms with E-state index in [1.807, 2.05) is 0 Å². The Balaban J connectivity index is 2.01. The van der Waals surface area contributed by atoms with Crippen LogP contribution in [0, 0.1) is 0 Å². The molecule has 2 rings (SSSR count). The van der Waals surface area contributed by atoms with E-state index in [4.69, 9.17) is 21.7 Å². The standard InChI is InChI=1S/C16H15Br2N3O3S/c1-23-13-4-3-11(7-14(13)24-2)20-16(25)21-19-8-9-5-10(17)6-12(18)15(9)22/h3-8,22H,1-2H3,(H2,20,21,25)/b19-8+. The first kappa shape index (κ1) is 19.5. The predicted octanol–water partition coefficient (Wildman–Crippen LogP) is 4.25. The summed E-state index contributed by atoms with van der Waals surface area (Å²) in [7, 11) is 3.13. The molecule has 3 N–H and O–H groups in total. The molecule has 0 aliphatic heterocycles. The van der Waals surface area contributed by atoms with E-state index in [1.165, 1.54) is 6.21 Å². The highest BCUT2D eigenvalue weighted by Gasteiger charge is 2.07. The second kappa shape index (κ2) is 9.02. The van der Waals surface area contributed by atoms with Crippen LogP contribution in [0.2, 0.25) is 0 Å². The van der Waals surface area contributed by atoms with Gasteiger partial charge in [-0.25, -0.2) is 0 Å². The quantitative estimate of drug-likeness (QED) is 0.332. The SMILES string of the molecule is COc1ccc(NC(=S)N/N=C/c2cc(Br)cc(Br)c2O)cc1OC.